The van der Waals surface area contributed by atoms with Crippen LogP contribution in [0.1, 0.15) is 17.3 Å². The molecule has 0 heterocycles. The van der Waals surface area contributed by atoms with Crippen LogP contribution >= 0.6 is 23.2 Å². The Morgan fingerprint density at radius 2 is 2.12 bits per heavy atom. The minimum atomic E-state index is -0.609. The molecular formula is C11H12Cl2N2O2. The van der Waals surface area contributed by atoms with E-state index >= 15 is 0 Å². The molecule has 0 radical (unpaired) electrons. The Bertz CT molecular complexity index is 449. The lowest BCUT2D eigenvalue weighted by Crippen LogP contribution is -2.21. The molecule has 0 aliphatic rings. The minimum Gasteiger partial charge on any atom is -0.366 e. The maximum atomic E-state index is 11.5. The van der Waals surface area contributed by atoms with Crippen LogP contribution in [0.2, 0.25) is 5.02 Å². The monoisotopic (exact) mass is 274 g/mol. The summed E-state index contributed by atoms with van der Waals surface area (Å²) in [5.41, 5.74) is 5.83. The lowest BCUT2D eigenvalue weighted by molar-refractivity contribution is -0.118. The van der Waals surface area contributed by atoms with Gasteiger partial charge in [-0.1, -0.05) is 18.5 Å². The Morgan fingerprint density at radius 3 is 2.59 bits per heavy atom. The number of hydrogen-bond donors (Lipinski definition) is 2. The van der Waals surface area contributed by atoms with Gasteiger partial charge in [-0.2, -0.15) is 0 Å². The second kappa shape index (κ2) is 5.89. The number of hydrogen-bond acceptors (Lipinski definition) is 2. The third-order valence-corrected chi connectivity index (χ3v) is 2.96. The third kappa shape index (κ3) is 3.61. The zero-order valence-corrected chi connectivity index (χ0v) is 10.7. The molecular weight excluding hydrogens is 263 g/mol. The average molecular weight is 275 g/mol. The number of alkyl halides is 1. The SMILES string of the molecule is CC(CCl)C(=O)Nc1ccc(C(N)=O)c(Cl)c1. The molecule has 17 heavy (non-hydrogen) atoms. The topological polar surface area (TPSA) is 72.2 Å². The van der Waals surface area contributed by atoms with Gasteiger partial charge in [-0.15, -0.1) is 11.6 Å². The van der Waals surface area contributed by atoms with Crippen LogP contribution in [-0.4, -0.2) is 17.7 Å². The smallest absolute Gasteiger partial charge is 0.250 e. The molecule has 3 N–H and O–H groups in total. The number of rotatable bonds is 4. The summed E-state index contributed by atoms with van der Waals surface area (Å²) in [5.74, 6) is -0.880. The highest BCUT2D eigenvalue weighted by atomic mass is 35.5. The van der Waals surface area contributed by atoms with Crippen molar-refractivity contribution < 1.29 is 9.59 Å². The normalized spacial score (nSPS) is 11.9. The largest absolute Gasteiger partial charge is 0.366 e. The van der Waals surface area contributed by atoms with Gasteiger partial charge in [-0.3, -0.25) is 9.59 Å². The summed E-state index contributed by atoms with van der Waals surface area (Å²) in [6, 6.07) is 4.50. The van der Waals surface area contributed by atoms with Gasteiger partial charge in [0.25, 0.3) is 0 Å². The Balaban J connectivity index is 2.84. The van der Waals surface area contributed by atoms with Gasteiger partial charge in [-0.25, -0.2) is 0 Å². The molecule has 1 unspecified atom stereocenters. The highest BCUT2D eigenvalue weighted by molar-refractivity contribution is 6.34. The number of primary amides is 1. The molecule has 0 bridgehead atoms. The number of amides is 2. The van der Waals surface area contributed by atoms with E-state index in [1.807, 2.05) is 0 Å². The summed E-state index contributed by atoms with van der Waals surface area (Å²) >= 11 is 11.4. The van der Waals surface area contributed by atoms with Crippen LogP contribution in [-0.2, 0) is 4.79 Å². The molecule has 0 aromatic heterocycles. The zero-order valence-electron chi connectivity index (χ0n) is 9.17. The van der Waals surface area contributed by atoms with E-state index in [2.05, 4.69) is 5.32 Å². The number of halogens is 2. The number of carbonyl (C=O) groups excluding carboxylic acids is 2. The third-order valence-electron chi connectivity index (χ3n) is 2.18. The van der Waals surface area contributed by atoms with Crippen LogP contribution < -0.4 is 11.1 Å². The summed E-state index contributed by atoms with van der Waals surface area (Å²) in [6.45, 7) is 1.71. The van der Waals surface area contributed by atoms with Crippen molar-refractivity contribution in [2.45, 2.75) is 6.92 Å². The van der Waals surface area contributed by atoms with Gasteiger partial charge in [0.2, 0.25) is 11.8 Å². The maximum absolute atomic E-state index is 11.5. The molecule has 1 aromatic carbocycles. The van der Waals surface area contributed by atoms with Crippen molar-refractivity contribution in [1.82, 2.24) is 0 Å². The first-order valence-electron chi connectivity index (χ1n) is 4.92. The van der Waals surface area contributed by atoms with Gasteiger partial charge in [-0.05, 0) is 18.2 Å². The van der Waals surface area contributed by atoms with Gasteiger partial charge in [0.05, 0.1) is 10.6 Å². The fourth-order valence-electron chi connectivity index (χ4n) is 1.13. The number of benzene rings is 1. The molecule has 6 heteroatoms. The van der Waals surface area contributed by atoms with Crippen molar-refractivity contribution in [3.05, 3.63) is 28.8 Å². The molecule has 0 saturated carbocycles. The summed E-state index contributed by atoms with van der Waals surface area (Å²) in [6.07, 6.45) is 0. The molecule has 0 aliphatic heterocycles. The van der Waals surface area contributed by atoms with Crippen LogP contribution in [0.4, 0.5) is 5.69 Å². The van der Waals surface area contributed by atoms with Crippen molar-refractivity contribution in [2.75, 3.05) is 11.2 Å². The highest BCUT2D eigenvalue weighted by Crippen LogP contribution is 2.21. The predicted molar refractivity (Wildman–Crippen MR) is 68.5 cm³/mol. The number of nitrogens with two attached hydrogens (primary N) is 1. The minimum absolute atomic E-state index is 0.203. The number of nitrogens with one attached hydrogen (secondary N) is 1. The second-order valence-electron chi connectivity index (χ2n) is 3.60. The van der Waals surface area contributed by atoms with Crippen molar-refractivity contribution in [3.63, 3.8) is 0 Å². The first-order chi connectivity index (χ1) is 7.95. The summed E-state index contributed by atoms with van der Waals surface area (Å²) < 4.78 is 0. The van der Waals surface area contributed by atoms with E-state index < -0.39 is 5.91 Å². The molecule has 1 aromatic rings. The Morgan fingerprint density at radius 1 is 1.47 bits per heavy atom. The maximum Gasteiger partial charge on any atom is 0.250 e. The highest BCUT2D eigenvalue weighted by Gasteiger charge is 2.13. The Hall–Kier alpha value is -1.26. The van der Waals surface area contributed by atoms with E-state index in [0.29, 0.717) is 5.69 Å². The summed E-state index contributed by atoms with van der Waals surface area (Å²) in [7, 11) is 0. The first kappa shape index (κ1) is 13.8. The molecule has 1 atom stereocenters. The van der Waals surface area contributed by atoms with E-state index in [0.717, 1.165) is 0 Å². The number of anilines is 1. The van der Waals surface area contributed by atoms with Gasteiger partial charge in [0, 0.05) is 17.5 Å². The molecule has 0 fully saturated rings. The van der Waals surface area contributed by atoms with Crippen molar-refractivity contribution in [1.29, 1.82) is 0 Å². The van der Waals surface area contributed by atoms with Crippen LogP contribution in [0.25, 0.3) is 0 Å². The molecule has 0 aliphatic carbocycles. The molecule has 1 rings (SSSR count). The predicted octanol–water partition coefficient (Wildman–Crippen LogP) is 2.25. The summed E-state index contributed by atoms with van der Waals surface area (Å²) in [5, 5.41) is 2.84. The standard InChI is InChI=1S/C11H12Cl2N2O2/c1-6(5-12)11(17)15-7-2-3-8(10(14)16)9(13)4-7/h2-4,6H,5H2,1H3,(H2,14,16)(H,15,17). The Kier molecular flexibility index (Phi) is 4.78. The van der Waals surface area contributed by atoms with Crippen LogP contribution in [0, 0.1) is 5.92 Å². The first-order valence-corrected chi connectivity index (χ1v) is 5.83. The van der Waals surface area contributed by atoms with Gasteiger partial charge >= 0.3 is 0 Å². The van der Waals surface area contributed by atoms with Gasteiger partial charge in [0.15, 0.2) is 0 Å². The van der Waals surface area contributed by atoms with E-state index in [-0.39, 0.29) is 28.3 Å². The molecule has 92 valence electrons. The fraction of sp³-hybridized carbons (Fsp3) is 0.273. The van der Waals surface area contributed by atoms with Crippen LogP contribution in [0.3, 0.4) is 0 Å². The molecule has 0 saturated heterocycles. The van der Waals surface area contributed by atoms with Crippen molar-refractivity contribution in [3.8, 4) is 0 Å². The van der Waals surface area contributed by atoms with E-state index in [4.69, 9.17) is 28.9 Å². The van der Waals surface area contributed by atoms with Crippen molar-refractivity contribution >= 4 is 40.7 Å². The quantitative estimate of drug-likeness (QED) is 0.827. The van der Waals surface area contributed by atoms with Gasteiger partial charge in [0.1, 0.15) is 0 Å². The van der Waals surface area contributed by atoms with E-state index in [9.17, 15) is 9.59 Å². The van der Waals surface area contributed by atoms with Crippen molar-refractivity contribution in [2.24, 2.45) is 11.7 Å². The van der Waals surface area contributed by atoms with E-state index in [1.54, 1.807) is 13.0 Å². The summed E-state index contributed by atoms with van der Waals surface area (Å²) in [4.78, 5) is 22.5. The van der Waals surface area contributed by atoms with Crippen LogP contribution in [0.15, 0.2) is 18.2 Å². The average Bonchev–Trinajstić information content (AvgIpc) is 2.27. The number of carbonyl (C=O) groups is 2. The molecule has 2 amide bonds. The molecule has 4 nitrogen and oxygen atoms in total. The Labute approximate surface area is 109 Å². The van der Waals surface area contributed by atoms with Gasteiger partial charge < -0.3 is 11.1 Å². The zero-order chi connectivity index (χ0) is 13.0. The molecule has 0 spiro atoms. The lowest BCUT2D eigenvalue weighted by Gasteiger charge is -2.10. The van der Waals surface area contributed by atoms with E-state index in [1.165, 1.54) is 12.1 Å². The lowest BCUT2D eigenvalue weighted by atomic mass is 10.1. The van der Waals surface area contributed by atoms with Crippen LogP contribution in [0.5, 0.6) is 0 Å². The fourth-order valence-corrected chi connectivity index (χ4v) is 1.54. The second-order valence-corrected chi connectivity index (χ2v) is 4.32.